The minimum absolute atomic E-state index is 0.00124. The molecule has 0 aliphatic carbocycles. The maximum Gasteiger partial charge on any atom is 0.317 e. The summed E-state index contributed by atoms with van der Waals surface area (Å²) in [5.74, 6) is 0. The van der Waals surface area contributed by atoms with Crippen molar-refractivity contribution in [1.82, 2.24) is 10.2 Å². The second-order valence-corrected chi connectivity index (χ2v) is 9.34. The topological polar surface area (TPSA) is 47.9 Å². The molecule has 158 valence electrons. The van der Waals surface area contributed by atoms with Crippen molar-refractivity contribution in [2.75, 3.05) is 24.6 Å². The molecule has 1 saturated heterocycles. The standard InChI is InChI=1S/C22H23BrCl2N4O/c23-16-6-4-15(5-7-16)21-13-18(14-26-22(30)28-10-2-1-3-11-28)27-29(21)20-9-8-17(24)12-19(20)25/h4-9,12,21H,1-3,10-11,13-14H2,(H,26,30). The van der Waals surface area contributed by atoms with E-state index in [-0.39, 0.29) is 12.1 Å². The van der Waals surface area contributed by atoms with Gasteiger partial charge in [-0.25, -0.2) is 4.79 Å². The number of rotatable bonds is 4. The lowest BCUT2D eigenvalue weighted by atomic mass is 10.0. The first kappa shape index (κ1) is 21.5. The van der Waals surface area contributed by atoms with E-state index in [9.17, 15) is 4.79 Å². The van der Waals surface area contributed by atoms with Crippen LogP contribution in [0.5, 0.6) is 0 Å². The van der Waals surface area contributed by atoms with Gasteiger partial charge in [0.1, 0.15) is 0 Å². The van der Waals surface area contributed by atoms with E-state index in [4.69, 9.17) is 28.3 Å². The minimum atomic E-state index is -0.0134. The van der Waals surface area contributed by atoms with Crippen molar-refractivity contribution in [3.8, 4) is 0 Å². The third-order valence-electron chi connectivity index (χ3n) is 5.47. The molecule has 2 aromatic rings. The molecule has 1 unspecified atom stereocenters. The molecule has 8 heteroatoms. The van der Waals surface area contributed by atoms with Crippen LogP contribution in [-0.4, -0.2) is 36.3 Å². The zero-order valence-corrected chi connectivity index (χ0v) is 19.6. The third kappa shape index (κ3) is 4.93. The summed E-state index contributed by atoms with van der Waals surface area (Å²) >= 11 is 16.1. The first-order valence-electron chi connectivity index (χ1n) is 10.1. The normalized spacial score (nSPS) is 19.0. The van der Waals surface area contributed by atoms with Gasteiger partial charge in [0.2, 0.25) is 0 Å². The predicted octanol–water partition coefficient (Wildman–Crippen LogP) is 6.26. The SMILES string of the molecule is O=C(NCC1=NN(c2ccc(Cl)cc2Cl)C(c2ccc(Br)cc2)C1)N1CCCCC1. The number of carbonyl (C=O) groups excluding carboxylic acids is 1. The quantitative estimate of drug-likeness (QED) is 0.528. The number of amides is 2. The van der Waals surface area contributed by atoms with Crippen LogP contribution in [0.4, 0.5) is 10.5 Å². The van der Waals surface area contributed by atoms with Gasteiger partial charge in [-0.2, -0.15) is 5.10 Å². The minimum Gasteiger partial charge on any atom is -0.333 e. The highest BCUT2D eigenvalue weighted by Gasteiger charge is 2.31. The Morgan fingerprint density at radius 3 is 2.53 bits per heavy atom. The lowest BCUT2D eigenvalue weighted by Gasteiger charge is -2.26. The van der Waals surface area contributed by atoms with Crippen LogP contribution in [0.2, 0.25) is 10.0 Å². The lowest BCUT2D eigenvalue weighted by Crippen LogP contribution is -2.44. The molecular weight excluding hydrogens is 487 g/mol. The molecule has 2 aliphatic heterocycles. The van der Waals surface area contributed by atoms with Gasteiger partial charge in [0.05, 0.1) is 29.0 Å². The number of hydrogen-bond donors (Lipinski definition) is 1. The highest BCUT2D eigenvalue weighted by Crippen LogP contribution is 2.39. The van der Waals surface area contributed by atoms with Crippen LogP contribution in [0.15, 0.2) is 52.0 Å². The summed E-state index contributed by atoms with van der Waals surface area (Å²) in [6, 6.07) is 13.6. The zero-order chi connectivity index (χ0) is 21.1. The van der Waals surface area contributed by atoms with Crippen LogP contribution < -0.4 is 10.3 Å². The first-order chi connectivity index (χ1) is 14.5. The van der Waals surface area contributed by atoms with Crippen molar-refractivity contribution < 1.29 is 4.79 Å². The molecule has 0 bridgehead atoms. The Kier molecular flexibility index (Phi) is 6.86. The predicted molar refractivity (Wildman–Crippen MR) is 127 cm³/mol. The van der Waals surface area contributed by atoms with Crippen molar-refractivity contribution in [2.24, 2.45) is 5.10 Å². The summed E-state index contributed by atoms with van der Waals surface area (Å²) in [5.41, 5.74) is 2.84. The number of carbonyl (C=O) groups is 1. The summed E-state index contributed by atoms with van der Waals surface area (Å²) in [5, 5.41) is 10.9. The van der Waals surface area contributed by atoms with Crippen molar-refractivity contribution >= 4 is 56.6 Å². The van der Waals surface area contributed by atoms with E-state index in [1.54, 1.807) is 6.07 Å². The molecule has 0 saturated carbocycles. The molecule has 4 rings (SSSR count). The number of hydrazone groups is 1. The Morgan fingerprint density at radius 2 is 1.83 bits per heavy atom. The van der Waals surface area contributed by atoms with Gasteiger partial charge in [-0.15, -0.1) is 0 Å². The van der Waals surface area contributed by atoms with Gasteiger partial charge in [-0.3, -0.25) is 5.01 Å². The number of hydrogen-bond acceptors (Lipinski definition) is 3. The first-order valence-corrected chi connectivity index (χ1v) is 11.6. The van der Waals surface area contributed by atoms with E-state index < -0.39 is 0 Å². The van der Waals surface area contributed by atoms with Gasteiger partial charge in [-0.1, -0.05) is 51.3 Å². The molecule has 2 aromatic carbocycles. The highest BCUT2D eigenvalue weighted by molar-refractivity contribution is 9.10. The number of nitrogens with zero attached hydrogens (tertiary/aromatic N) is 3. The van der Waals surface area contributed by atoms with E-state index in [0.29, 0.717) is 23.0 Å². The maximum atomic E-state index is 12.5. The van der Waals surface area contributed by atoms with Crippen molar-refractivity contribution in [3.63, 3.8) is 0 Å². The molecule has 30 heavy (non-hydrogen) atoms. The molecule has 2 aliphatic rings. The number of likely N-dealkylation sites (tertiary alicyclic amines) is 1. The van der Waals surface area contributed by atoms with Crippen LogP contribution in [0.3, 0.4) is 0 Å². The largest absolute Gasteiger partial charge is 0.333 e. The number of benzene rings is 2. The lowest BCUT2D eigenvalue weighted by molar-refractivity contribution is 0.188. The van der Waals surface area contributed by atoms with Crippen molar-refractivity contribution in [1.29, 1.82) is 0 Å². The number of anilines is 1. The molecule has 2 heterocycles. The van der Waals surface area contributed by atoms with E-state index in [1.165, 1.54) is 6.42 Å². The maximum absolute atomic E-state index is 12.5. The summed E-state index contributed by atoms with van der Waals surface area (Å²) in [7, 11) is 0. The number of halogens is 3. The van der Waals surface area contributed by atoms with Crippen LogP contribution >= 0.6 is 39.1 Å². The van der Waals surface area contributed by atoms with Crippen LogP contribution in [0.1, 0.15) is 37.3 Å². The van der Waals surface area contributed by atoms with E-state index in [1.807, 2.05) is 34.2 Å². The average Bonchev–Trinajstić information content (AvgIpc) is 3.17. The second-order valence-electron chi connectivity index (χ2n) is 7.58. The third-order valence-corrected chi connectivity index (χ3v) is 6.54. The highest BCUT2D eigenvalue weighted by atomic mass is 79.9. The molecule has 2 amide bonds. The van der Waals surface area contributed by atoms with E-state index in [2.05, 4.69) is 33.4 Å². The smallest absolute Gasteiger partial charge is 0.317 e. The van der Waals surface area contributed by atoms with E-state index >= 15 is 0 Å². The zero-order valence-electron chi connectivity index (χ0n) is 16.5. The Morgan fingerprint density at radius 1 is 1.10 bits per heavy atom. The van der Waals surface area contributed by atoms with E-state index in [0.717, 1.165) is 47.4 Å². The van der Waals surface area contributed by atoms with Crippen molar-refractivity contribution in [2.45, 2.75) is 31.7 Å². The fourth-order valence-electron chi connectivity index (χ4n) is 3.90. The molecule has 0 aromatic heterocycles. The van der Waals surface area contributed by atoms with Crippen LogP contribution in [-0.2, 0) is 0 Å². The van der Waals surface area contributed by atoms with Gasteiger partial charge in [0, 0.05) is 29.0 Å². The fraction of sp³-hybridized carbons (Fsp3) is 0.364. The van der Waals surface area contributed by atoms with Crippen molar-refractivity contribution in [3.05, 3.63) is 62.5 Å². The summed E-state index contributed by atoms with van der Waals surface area (Å²) in [4.78, 5) is 14.4. The molecule has 5 nitrogen and oxygen atoms in total. The molecule has 1 N–H and O–H groups in total. The number of urea groups is 1. The Labute approximate surface area is 195 Å². The monoisotopic (exact) mass is 508 g/mol. The Bertz CT molecular complexity index is 945. The number of nitrogens with one attached hydrogen (secondary N) is 1. The summed E-state index contributed by atoms with van der Waals surface area (Å²) < 4.78 is 1.02. The number of piperidine rings is 1. The molecular formula is C22H23BrCl2N4O. The Balaban J connectivity index is 1.54. The second kappa shape index (κ2) is 9.58. The summed E-state index contributed by atoms with van der Waals surface area (Å²) in [6.45, 7) is 2.07. The van der Waals surface area contributed by atoms with Gasteiger partial charge >= 0.3 is 6.03 Å². The van der Waals surface area contributed by atoms with Gasteiger partial charge in [-0.05, 0) is 55.2 Å². The van der Waals surface area contributed by atoms with Crippen LogP contribution in [0, 0.1) is 0 Å². The molecule has 0 spiro atoms. The molecule has 1 atom stereocenters. The molecule has 1 fully saturated rings. The molecule has 0 radical (unpaired) electrons. The van der Waals surface area contributed by atoms with Crippen LogP contribution in [0.25, 0.3) is 0 Å². The van der Waals surface area contributed by atoms with Gasteiger partial charge in [0.25, 0.3) is 0 Å². The van der Waals surface area contributed by atoms with Gasteiger partial charge < -0.3 is 10.2 Å². The van der Waals surface area contributed by atoms with Gasteiger partial charge in [0.15, 0.2) is 0 Å². The fourth-order valence-corrected chi connectivity index (χ4v) is 4.66. The average molecular weight is 510 g/mol. The Hall–Kier alpha value is -1.76. The summed E-state index contributed by atoms with van der Waals surface area (Å²) in [6.07, 6.45) is 4.05.